The van der Waals surface area contributed by atoms with Gasteiger partial charge in [-0.15, -0.1) is 0 Å². The number of likely N-dealkylation sites (tertiary alicyclic amines) is 1. The minimum absolute atomic E-state index is 0.0821. The van der Waals surface area contributed by atoms with Gasteiger partial charge in [0.05, 0.1) is 23.1 Å². The molecule has 0 spiro atoms. The van der Waals surface area contributed by atoms with Gasteiger partial charge in [-0.25, -0.2) is 4.98 Å². The normalized spacial score (nSPS) is 21.8. The topological polar surface area (TPSA) is 55.1 Å². The van der Waals surface area contributed by atoms with Crippen molar-refractivity contribution < 1.29 is 4.79 Å². The third-order valence-corrected chi connectivity index (χ3v) is 5.10. The van der Waals surface area contributed by atoms with E-state index in [1.165, 1.54) is 5.69 Å². The van der Waals surface area contributed by atoms with Crippen molar-refractivity contribution in [2.75, 3.05) is 20.1 Å². The van der Waals surface area contributed by atoms with Crippen molar-refractivity contribution in [3.63, 3.8) is 0 Å². The molecule has 1 saturated heterocycles. The molecule has 0 saturated carbocycles. The van der Waals surface area contributed by atoms with Crippen LogP contribution in [0.5, 0.6) is 0 Å². The number of hydrogen-bond donors (Lipinski definition) is 1. The summed E-state index contributed by atoms with van der Waals surface area (Å²) in [5, 5.41) is 3.66. The lowest BCUT2D eigenvalue weighted by atomic mass is 9.87. The van der Waals surface area contributed by atoms with E-state index in [1.807, 2.05) is 26.6 Å². The molecular formula is C17H24ClN5O. The highest BCUT2D eigenvalue weighted by Crippen LogP contribution is 2.34. The van der Waals surface area contributed by atoms with Crippen molar-refractivity contribution in [2.24, 2.45) is 20.0 Å². The predicted octanol–water partition coefficient (Wildman–Crippen LogP) is 2.22. The average molecular weight is 350 g/mol. The monoisotopic (exact) mass is 349 g/mol. The lowest BCUT2D eigenvalue weighted by molar-refractivity contribution is 0.0875. The van der Waals surface area contributed by atoms with Crippen LogP contribution in [-0.4, -0.2) is 45.1 Å². The van der Waals surface area contributed by atoms with Crippen LogP contribution >= 0.6 is 11.6 Å². The Bertz CT molecular complexity index is 722. The lowest BCUT2D eigenvalue weighted by Gasteiger charge is -2.39. The van der Waals surface area contributed by atoms with Crippen LogP contribution in [-0.2, 0) is 14.1 Å². The summed E-state index contributed by atoms with van der Waals surface area (Å²) in [6.07, 6.45) is 7.73. The molecule has 0 radical (unpaired) electrons. The fourth-order valence-corrected chi connectivity index (χ4v) is 3.91. The molecular weight excluding hydrogens is 326 g/mol. The number of carbonyl (C=O) groups excluding carboxylic acids is 1. The average Bonchev–Trinajstić information content (AvgIpc) is 3.10. The highest BCUT2D eigenvalue weighted by molar-refractivity contribution is 6.31. The van der Waals surface area contributed by atoms with Gasteiger partial charge in [-0.3, -0.25) is 9.69 Å². The smallest absolute Gasteiger partial charge is 0.267 e. The summed E-state index contributed by atoms with van der Waals surface area (Å²) in [6, 6.07) is 1.96. The Morgan fingerprint density at radius 2 is 2.17 bits per heavy atom. The molecule has 2 atom stereocenters. The maximum absolute atomic E-state index is 12.4. The third-order valence-electron chi connectivity index (χ3n) is 4.89. The Morgan fingerprint density at radius 3 is 2.79 bits per heavy atom. The van der Waals surface area contributed by atoms with Gasteiger partial charge in [0.15, 0.2) is 0 Å². The van der Waals surface area contributed by atoms with Crippen molar-refractivity contribution in [1.29, 1.82) is 0 Å². The second-order valence-electron chi connectivity index (χ2n) is 6.62. The molecule has 3 rings (SSSR count). The zero-order valence-corrected chi connectivity index (χ0v) is 15.1. The van der Waals surface area contributed by atoms with Crippen LogP contribution in [0.15, 0.2) is 24.8 Å². The van der Waals surface area contributed by atoms with Gasteiger partial charge in [0.25, 0.3) is 5.91 Å². The van der Waals surface area contributed by atoms with Gasteiger partial charge in [0.2, 0.25) is 0 Å². The lowest BCUT2D eigenvalue weighted by Crippen LogP contribution is -2.42. The van der Waals surface area contributed by atoms with E-state index in [4.69, 9.17) is 11.6 Å². The molecule has 3 heterocycles. The van der Waals surface area contributed by atoms with E-state index in [0.717, 1.165) is 19.4 Å². The van der Waals surface area contributed by atoms with Gasteiger partial charge in [-0.2, -0.15) is 0 Å². The molecule has 0 bridgehead atoms. The summed E-state index contributed by atoms with van der Waals surface area (Å²) in [5.41, 5.74) is 1.78. The van der Waals surface area contributed by atoms with E-state index in [9.17, 15) is 4.79 Å². The van der Waals surface area contributed by atoms with Gasteiger partial charge in [0, 0.05) is 33.0 Å². The zero-order valence-electron chi connectivity index (χ0n) is 14.4. The molecule has 130 valence electrons. The van der Waals surface area contributed by atoms with Crippen LogP contribution in [0.25, 0.3) is 0 Å². The van der Waals surface area contributed by atoms with Crippen LogP contribution in [0.1, 0.15) is 35.1 Å². The number of aromatic nitrogens is 3. The van der Waals surface area contributed by atoms with E-state index in [-0.39, 0.29) is 11.9 Å². The predicted molar refractivity (Wildman–Crippen MR) is 94.1 cm³/mol. The minimum atomic E-state index is -0.0821. The van der Waals surface area contributed by atoms with Gasteiger partial charge >= 0.3 is 0 Å². The number of imidazole rings is 1. The maximum atomic E-state index is 12.4. The van der Waals surface area contributed by atoms with E-state index in [0.29, 0.717) is 23.2 Å². The summed E-state index contributed by atoms with van der Waals surface area (Å²) in [7, 11) is 5.99. The molecule has 2 aromatic heterocycles. The number of nitrogens with zero attached hydrogens (tertiary/aromatic N) is 4. The first-order chi connectivity index (χ1) is 11.5. The highest BCUT2D eigenvalue weighted by Gasteiger charge is 2.32. The Labute approximate surface area is 147 Å². The molecule has 1 N–H and O–H groups in total. The molecule has 6 nitrogen and oxygen atoms in total. The zero-order chi connectivity index (χ0) is 17.3. The second kappa shape index (κ2) is 6.99. The number of nitrogens with one attached hydrogen (secondary N) is 1. The van der Waals surface area contributed by atoms with Crippen LogP contribution in [0, 0.1) is 5.92 Å². The number of halogens is 1. The highest BCUT2D eigenvalue weighted by atomic mass is 35.5. The standard InChI is InChI=1S/C17H24ClN5O/c1-21-6-4-5-12(16(21)15-9-19-11-23(15)3)8-20-17(24)14-7-13(18)10-22(14)2/h7,9-12,16H,4-6,8H2,1-3H3,(H,20,24)/t12-,16+/m0/s1. The number of amides is 1. The first kappa shape index (κ1) is 17.0. The SMILES string of the molecule is CN1CCC[C@@H](CNC(=O)c2cc(Cl)cn2C)[C@@H]1c1cncn1C. The second-order valence-corrected chi connectivity index (χ2v) is 7.06. The fraction of sp³-hybridized carbons (Fsp3) is 0.529. The van der Waals surface area contributed by atoms with Gasteiger partial charge in [-0.05, 0) is 38.4 Å². The quantitative estimate of drug-likeness (QED) is 0.920. The molecule has 0 aliphatic carbocycles. The van der Waals surface area contributed by atoms with Crippen molar-refractivity contribution in [3.8, 4) is 0 Å². The molecule has 2 aromatic rings. The molecule has 0 aromatic carbocycles. The minimum Gasteiger partial charge on any atom is -0.350 e. The van der Waals surface area contributed by atoms with Crippen LogP contribution in [0.3, 0.4) is 0 Å². The largest absolute Gasteiger partial charge is 0.350 e. The Kier molecular flexibility index (Phi) is 4.96. The van der Waals surface area contributed by atoms with Crippen molar-refractivity contribution in [3.05, 3.63) is 41.2 Å². The Balaban J connectivity index is 1.71. The molecule has 7 heteroatoms. The fourth-order valence-electron chi connectivity index (χ4n) is 3.66. The summed E-state index contributed by atoms with van der Waals surface area (Å²) < 4.78 is 3.82. The van der Waals surface area contributed by atoms with Crippen LogP contribution in [0.2, 0.25) is 5.02 Å². The number of rotatable bonds is 4. The molecule has 0 unspecified atom stereocenters. The third kappa shape index (κ3) is 3.35. The summed E-state index contributed by atoms with van der Waals surface area (Å²) in [5.74, 6) is 0.278. The Hall–Kier alpha value is -1.79. The van der Waals surface area contributed by atoms with Gasteiger partial charge < -0.3 is 14.5 Å². The number of piperidine rings is 1. The number of hydrogen-bond acceptors (Lipinski definition) is 3. The van der Waals surface area contributed by atoms with E-state index in [2.05, 4.69) is 26.8 Å². The maximum Gasteiger partial charge on any atom is 0.267 e. The van der Waals surface area contributed by atoms with E-state index < -0.39 is 0 Å². The Morgan fingerprint density at radius 1 is 1.38 bits per heavy atom. The summed E-state index contributed by atoms with van der Waals surface area (Å²) in [4.78, 5) is 19.1. The van der Waals surface area contributed by atoms with Gasteiger partial charge in [0.1, 0.15) is 5.69 Å². The summed E-state index contributed by atoms with van der Waals surface area (Å²) >= 11 is 5.97. The van der Waals surface area contributed by atoms with E-state index >= 15 is 0 Å². The van der Waals surface area contributed by atoms with Gasteiger partial charge in [-0.1, -0.05) is 11.6 Å². The van der Waals surface area contributed by atoms with Crippen LogP contribution in [0.4, 0.5) is 0 Å². The number of carbonyl (C=O) groups is 1. The molecule has 1 fully saturated rings. The van der Waals surface area contributed by atoms with E-state index in [1.54, 1.807) is 16.8 Å². The molecule has 1 aliphatic heterocycles. The first-order valence-electron chi connectivity index (χ1n) is 8.24. The van der Waals surface area contributed by atoms with Crippen molar-refractivity contribution >= 4 is 17.5 Å². The molecule has 1 aliphatic rings. The number of aryl methyl sites for hydroxylation is 2. The van der Waals surface area contributed by atoms with Crippen LogP contribution < -0.4 is 5.32 Å². The summed E-state index contributed by atoms with van der Waals surface area (Å²) in [6.45, 7) is 1.70. The first-order valence-corrected chi connectivity index (χ1v) is 8.61. The molecule has 1 amide bonds. The van der Waals surface area contributed by atoms with Crippen molar-refractivity contribution in [2.45, 2.75) is 18.9 Å². The van der Waals surface area contributed by atoms with Crippen molar-refractivity contribution in [1.82, 2.24) is 24.3 Å². The molecule has 24 heavy (non-hydrogen) atoms.